The number of nitrogens with one attached hydrogen (secondary N) is 1. The van der Waals surface area contributed by atoms with E-state index in [9.17, 15) is 5.11 Å². The smallest absolute Gasteiger partial charge is 0.138 e. The molecule has 1 heterocycles. The zero-order valence-corrected chi connectivity index (χ0v) is 10.4. The van der Waals surface area contributed by atoms with Crippen LogP contribution in [0.4, 0.5) is 0 Å². The van der Waals surface area contributed by atoms with Crippen LogP contribution in [-0.4, -0.2) is 29.3 Å². The lowest BCUT2D eigenvalue weighted by molar-refractivity contribution is 0.0845. The van der Waals surface area contributed by atoms with Crippen LogP contribution in [0.1, 0.15) is 30.7 Å². The third-order valence-electron chi connectivity index (χ3n) is 3.38. The highest BCUT2D eigenvalue weighted by atomic mass is 16.5. The number of hydrogen-bond donors (Lipinski definition) is 2. The van der Waals surface area contributed by atoms with Crippen molar-refractivity contribution in [3.05, 3.63) is 23.5 Å². The first-order valence-electron chi connectivity index (χ1n) is 6.12. The molecule has 1 aliphatic carbocycles. The van der Waals surface area contributed by atoms with Gasteiger partial charge in [0.25, 0.3) is 0 Å². The maximum Gasteiger partial charge on any atom is 0.138 e. The summed E-state index contributed by atoms with van der Waals surface area (Å²) in [6.45, 7) is 2.52. The molecule has 2 rings (SSSR count). The summed E-state index contributed by atoms with van der Waals surface area (Å²) in [6, 6.07) is 3.88. The zero-order chi connectivity index (χ0) is 12.3. The number of rotatable bonds is 4. The quantitative estimate of drug-likeness (QED) is 0.836. The van der Waals surface area contributed by atoms with E-state index < -0.39 is 0 Å². The highest BCUT2D eigenvalue weighted by Gasteiger charge is 2.26. The summed E-state index contributed by atoms with van der Waals surface area (Å²) >= 11 is 0. The Morgan fingerprint density at radius 3 is 3.06 bits per heavy atom. The molecule has 0 amide bonds. The average molecular weight is 236 g/mol. The molecule has 1 saturated carbocycles. The Labute approximate surface area is 102 Å². The van der Waals surface area contributed by atoms with Crippen LogP contribution in [0, 0.1) is 6.92 Å². The summed E-state index contributed by atoms with van der Waals surface area (Å²) in [6.07, 6.45) is 3.73. The molecule has 1 aromatic rings. The fourth-order valence-electron chi connectivity index (χ4n) is 2.40. The van der Waals surface area contributed by atoms with Gasteiger partial charge in [0.05, 0.1) is 11.8 Å². The van der Waals surface area contributed by atoms with Crippen molar-refractivity contribution in [3.63, 3.8) is 0 Å². The number of nitrogens with zero attached hydrogens (tertiary/aromatic N) is 1. The Morgan fingerprint density at radius 2 is 2.29 bits per heavy atom. The van der Waals surface area contributed by atoms with Crippen molar-refractivity contribution in [3.8, 4) is 5.75 Å². The lowest BCUT2D eigenvalue weighted by Gasteiger charge is -2.19. The summed E-state index contributed by atoms with van der Waals surface area (Å²) < 4.78 is 5.42. The fourth-order valence-corrected chi connectivity index (χ4v) is 2.40. The molecule has 0 saturated heterocycles. The monoisotopic (exact) mass is 236 g/mol. The van der Waals surface area contributed by atoms with Crippen molar-refractivity contribution in [1.82, 2.24) is 10.3 Å². The van der Waals surface area contributed by atoms with Crippen LogP contribution < -0.4 is 5.32 Å². The molecule has 2 N–H and O–H groups in total. The second-order valence-electron chi connectivity index (χ2n) is 4.61. The van der Waals surface area contributed by atoms with Crippen LogP contribution in [0.3, 0.4) is 0 Å². The van der Waals surface area contributed by atoms with Gasteiger partial charge in [-0.25, -0.2) is 0 Å². The van der Waals surface area contributed by atoms with Crippen molar-refractivity contribution in [2.75, 3.05) is 7.11 Å². The molecule has 17 heavy (non-hydrogen) atoms. The van der Waals surface area contributed by atoms with Crippen molar-refractivity contribution in [2.45, 2.75) is 44.9 Å². The third kappa shape index (κ3) is 2.96. The SMILES string of the molecule is COC1CCCC1NCc1nc(C)ccc1O. The summed E-state index contributed by atoms with van der Waals surface area (Å²) in [5.74, 6) is 0.259. The summed E-state index contributed by atoms with van der Waals surface area (Å²) in [5, 5.41) is 13.1. The van der Waals surface area contributed by atoms with Gasteiger partial charge in [-0.05, 0) is 38.3 Å². The molecule has 1 fully saturated rings. The number of aromatic hydroxyl groups is 1. The summed E-state index contributed by atoms with van der Waals surface area (Å²) in [5.41, 5.74) is 1.64. The molecule has 0 aromatic carbocycles. The van der Waals surface area contributed by atoms with E-state index in [-0.39, 0.29) is 5.75 Å². The third-order valence-corrected chi connectivity index (χ3v) is 3.38. The molecule has 0 spiro atoms. The molecule has 4 nitrogen and oxygen atoms in total. The van der Waals surface area contributed by atoms with Crippen LogP contribution in [0.25, 0.3) is 0 Å². The van der Waals surface area contributed by atoms with E-state index in [4.69, 9.17) is 4.74 Å². The van der Waals surface area contributed by atoms with E-state index in [1.165, 1.54) is 6.42 Å². The molecule has 0 bridgehead atoms. The van der Waals surface area contributed by atoms with Gasteiger partial charge in [0, 0.05) is 25.4 Å². The van der Waals surface area contributed by atoms with Crippen LogP contribution >= 0.6 is 0 Å². The lowest BCUT2D eigenvalue weighted by Crippen LogP contribution is -2.36. The maximum absolute atomic E-state index is 9.70. The van der Waals surface area contributed by atoms with Crippen molar-refractivity contribution in [2.24, 2.45) is 0 Å². The second-order valence-corrected chi connectivity index (χ2v) is 4.61. The molecule has 2 atom stereocenters. The predicted octanol–water partition coefficient (Wildman–Crippen LogP) is 1.75. The molecule has 1 aromatic heterocycles. The van der Waals surface area contributed by atoms with Gasteiger partial charge >= 0.3 is 0 Å². The number of ether oxygens (including phenoxy) is 1. The van der Waals surface area contributed by atoms with E-state index in [0.717, 1.165) is 18.5 Å². The Balaban J connectivity index is 1.95. The number of aromatic nitrogens is 1. The zero-order valence-electron chi connectivity index (χ0n) is 10.4. The molecular formula is C13H20N2O2. The van der Waals surface area contributed by atoms with E-state index in [2.05, 4.69) is 10.3 Å². The highest BCUT2D eigenvalue weighted by Crippen LogP contribution is 2.22. The van der Waals surface area contributed by atoms with Crippen LogP contribution in [-0.2, 0) is 11.3 Å². The number of methoxy groups -OCH3 is 1. The van der Waals surface area contributed by atoms with Crippen molar-refractivity contribution in [1.29, 1.82) is 0 Å². The first kappa shape index (κ1) is 12.3. The minimum Gasteiger partial charge on any atom is -0.506 e. The van der Waals surface area contributed by atoms with E-state index in [0.29, 0.717) is 24.4 Å². The number of aryl methyl sites for hydroxylation is 1. The predicted molar refractivity (Wildman–Crippen MR) is 65.9 cm³/mol. The summed E-state index contributed by atoms with van der Waals surface area (Å²) in [7, 11) is 1.76. The van der Waals surface area contributed by atoms with Crippen LogP contribution in [0.5, 0.6) is 5.75 Å². The molecule has 4 heteroatoms. The van der Waals surface area contributed by atoms with Gasteiger partial charge in [0.1, 0.15) is 5.75 Å². The van der Waals surface area contributed by atoms with E-state index in [1.807, 2.05) is 13.0 Å². The molecule has 1 aliphatic rings. The minimum atomic E-state index is 0.259. The number of pyridine rings is 1. The second kappa shape index (κ2) is 5.47. The van der Waals surface area contributed by atoms with Gasteiger partial charge in [-0.3, -0.25) is 4.98 Å². The van der Waals surface area contributed by atoms with Crippen molar-refractivity contribution >= 4 is 0 Å². The fraction of sp³-hybridized carbons (Fsp3) is 0.615. The molecule has 2 unspecified atom stereocenters. The largest absolute Gasteiger partial charge is 0.506 e. The normalized spacial score (nSPS) is 24.1. The Hall–Kier alpha value is -1.13. The topological polar surface area (TPSA) is 54.4 Å². The minimum absolute atomic E-state index is 0.259. The van der Waals surface area contributed by atoms with Crippen LogP contribution in [0.2, 0.25) is 0 Å². The first-order valence-corrected chi connectivity index (χ1v) is 6.12. The molecule has 94 valence electrons. The Morgan fingerprint density at radius 1 is 1.47 bits per heavy atom. The highest BCUT2D eigenvalue weighted by molar-refractivity contribution is 5.27. The average Bonchev–Trinajstić information content (AvgIpc) is 2.77. The maximum atomic E-state index is 9.70. The lowest BCUT2D eigenvalue weighted by atomic mass is 10.2. The standard InChI is InChI=1S/C13H20N2O2/c1-9-6-7-12(16)11(15-9)8-14-10-4-3-5-13(10)17-2/h6-7,10,13-14,16H,3-5,8H2,1-2H3. The van der Waals surface area contributed by atoms with E-state index >= 15 is 0 Å². The molecule has 0 aliphatic heterocycles. The van der Waals surface area contributed by atoms with Crippen molar-refractivity contribution < 1.29 is 9.84 Å². The molecular weight excluding hydrogens is 216 g/mol. The van der Waals surface area contributed by atoms with Gasteiger partial charge in [-0.1, -0.05) is 0 Å². The van der Waals surface area contributed by atoms with Gasteiger partial charge in [0.15, 0.2) is 0 Å². The van der Waals surface area contributed by atoms with Gasteiger partial charge < -0.3 is 15.2 Å². The number of hydrogen-bond acceptors (Lipinski definition) is 4. The van der Waals surface area contributed by atoms with E-state index in [1.54, 1.807) is 13.2 Å². The van der Waals surface area contributed by atoms with Gasteiger partial charge in [0.2, 0.25) is 0 Å². The molecule has 0 radical (unpaired) electrons. The Bertz CT molecular complexity index is 382. The van der Waals surface area contributed by atoms with Gasteiger partial charge in [-0.15, -0.1) is 0 Å². The first-order chi connectivity index (χ1) is 8.20. The van der Waals surface area contributed by atoms with Gasteiger partial charge in [-0.2, -0.15) is 0 Å². The Kier molecular flexibility index (Phi) is 3.97. The van der Waals surface area contributed by atoms with Crippen LogP contribution in [0.15, 0.2) is 12.1 Å². The summed E-state index contributed by atoms with van der Waals surface area (Å²) in [4.78, 5) is 4.33.